The number of thiophene rings is 1. The number of halogens is 1. The van der Waals surface area contributed by atoms with Crippen LogP contribution in [0.15, 0.2) is 35.7 Å². The molecule has 0 bridgehead atoms. The van der Waals surface area contributed by atoms with Crippen LogP contribution in [0.1, 0.15) is 17.4 Å². The molecule has 0 aliphatic heterocycles. The third-order valence-electron chi connectivity index (χ3n) is 3.34. The minimum atomic E-state index is 0.334. The number of anilines is 1. The molecule has 0 saturated carbocycles. The maximum atomic E-state index is 6.10. The van der Waals surface area contributed by atoms with Crippen LogP contribution < -0.4 is 10.6 Å². The van der Waals surface area contributed by atoms with Crippen molar-refractivity contribution in [2.45, 2.75) is 19.4 Å². The van der Waals surface area contributed by atoms with E-state index in [2.05, 4.69) is 29.3 Å². The van der Waals surface area contributed by atoms with Crippen LogP contribution in [0, 0.1) is 0 Å². The highest BCUT2D eigenvalue weighted by Gasteiger charge is 2.16. The molecular weight excluding hydrogens is 308 g/mol. The first-order chi connectivity index (χ1) is 9.49. The van der Waals surface area contributed by atoms with E-state index in [-0.39, 0.29) is 0 Å². The Hall–Kier alpha value is -1.10. The summed E-state index contributed by atoms with van der Waals surface area (Å²) in [5.41, 5.74) is 7.65. The molecule has 2 rings (SSSR count). The van der Waals surface area contributed by atoms with Gasteiger partial charge in [0.05, 0.1) is 0 Å². The van der Waals surface area contributed by atoms with Crippen LogP contribution >= 0.6 is 35.2 Å². The second-order valence-electron chi connectivity index (χ2n) is 4.77. The topological polar surface area (TPSA) is 29.3 Å². The van der Waals surface area contributed by atoms with Gasteiger partial charge in [-0.05, 0) is 36.6 Å². The van der Waals surface area contributed by atoms with Gasteiger partial charge in [-0.1, -0.05) is 29.9 Å². The largest absolute Gasteiger partial charge is 0.389 e. The van der Waals surface area contributed by atoms with Gasteiger partial charge in [0, 0.05) is 40.7 Å². The molecule has 0 radical (unpaired) electrons. The minimum Gasteiger partial charge on any atom is -0.389 e. The lowest BCUT2D eigenvalue weighted by molar-refractivity contribution is 0.688. The Kier molecular flexibility index (Phi) is 5.02. The maximum absolute atomic E-state index is 6.10. The molecule has 0 spiro atoms. The fourth-order valence-corrected chi connectivity index (χ4v) is 3.26. The third kappa shape index (κ3) is 3.51. The average Bonchev–Trinajstić information content (AvgIpc) is 2.90. The Morgan fingerprint density at radius 1 is 1.45 bits per heavy atom. The van der Waals surface area contributed by atoms with Gasteiger partial charge in [0.15, 0.2) is 0 Å². The van der Waals surface area contributed by atoms with Crippen LogP contribution in [-0.4, -0.2) is 18.1 Å². The predicted octanol–water partition coefficient (Wildman–Crippen LogP) is 4.10. The zero-order valence-corrected chi connectivity index (χ0v) is 13.9. The number of hydrogen-bond donors (Lipinski definition) is 1. The SMILES string of the molecule is CC(Cc1cccs1)N(C)c1cc(Cl)ccc1C(N)=S. The average molecular weight is 325 g/mol. The molecule has 0 fully saturated rings. The second kappa shape index (κ2) is 6.57. The van der Waals surface area contributed by atoms with Gasteiger partial charge >= 0.3 is 0 Å². The molecule has 0 amide bonds. The summed E-state index contributed by atoms with van der Waals surface area (Å²) in [5, 5.41) is 2.79. The Bertz CT molecular complexity index is 596. The van der Waals surface area contributed by atoms with Gasteiger partial charge < -0.3 is 10.6 Å². The summed E-state index contributed by atoms with van der Waals surface area (Å²) < 4.78 is 0. The molecule has 1 unspecified atom stereocenters. The highest BCUT2D eigenvalue weighted by Crippen LogP contribution is 2.27. The lowest BCUT2D eigenvalue weighted by Crippen LogP contribution is -2.32. The fourth-order valence-electron chi connectivity index (χ4n) is 2.10. The Morgan fingerprint density at radius 2 is 2.20 bits per heavy atom. The Balaban J connectivity index is 2.25. The molecule has 0 aliphatic rings. The van der Waals surface area contributed by atoms with Gasteiger partial charge in [-0.2, -0.15) is 0 Å². The van der Waals surface area contributed by atoms with Crippen LogP contribution in [0.2, 0.25) is 5.02 Å². The van der Waals surface area contributed by atoms with Crippen LogP contribution in [0.4, 0.5) is 5.69 Å². The van der Waals surface area contributed by atoms with Crippen molar-refractivity contribution in [2.75, 3.05) is 11.9 Å². The number of benzene rings is 1. The second-order valence-corrected chi connectivity index (χ2v) is 6.68. The fraction of sp³-hybridized carbons (Fsp3) is 0.267. The number of hydrogen-bond acceptors (Lipinski definition) is 3. The summed E-state index contributed by atoms with van der Waals surface area (Å²) >= 11 is 13.0. The predicted molar refractivity (Wildman–Crippen MR) is 93.2 cm³/mol. The van der Waals surface area contributed by atoms with E-state index in [9.17, 15) is 0 Å². The number of nitrogens with zero attached hydrogens (tertiary/aromatic N) is 1. The van der Waals surface area contributed by atoms with E-state index in [0.717, 1.165) is 17.7 Å². The van der Waals surface area contributed by atoms with Gasteiger partial charge in [0.25, 0.3) is 0 Å². The van der Waals surface area contributed by atoms with Crippen molar-refractivity contribution >= 4 is 45.8 Å². The van der Waals surface area contributed by atoms with Crippen molar-refractivity contribution in [1.29, 1.82) is 0 Å². The van der Waals surface area contributed by atoms with E-state index in [0.29, 0.717) is 16.1 Å². The summed E-state index contributed by atoms with van der Waals surface area (Å²) in [4.78, 5) is 3.94. The molecule has 2 aromatic rings. The molecule has 0 saturated heterocycles. The zero-order valence-electron chi connectivity index (χ0n) is 11.5. The van der Waals surface area contributed by atoms with Crippen molar-refractivity contribution in [3.05, 3.63) is 51.2 Å². The van der Waals surface area contributed by atoms with E-state index < -0.39 is 0 Å². The standard InChI is InChI=1S/C15H17ClN2S2/c1-10(8-12-4-3-7-20-12)18(2)14-9-11(16)5-6-13(14)15(17)19/h3-7,9-10H,8H2,1-2H3,(H2,17,19). The molecule has 5 heteroatoms. The zero-order chi connectivity index (χ0) is 14.7. The van der Waals surface area contributed by atoms with Gasteiger partial charge in [0.2, 0.25) is 0 Å². The molecule has 106 valence electrons. The van der Waals surface area contributed by atoms with E-state index in [4.69, 9.17) is 29.6 Å². The van der Waals surface area contributed by atoms with Gasteiger partial charge in [0.1, 0.15) is 4.99 Å². The lowest BCUT2D eigenvalue weighted by atomic mass is 10.1. The highest BCUT2D eigenvalue weighted by atomic mass is 35.5. The van der Waals surface area contributed by atoms with Crippen molar-refractivity contribution in [1.82, 2.24) is 0 Å². The monoisotopic (exact) mass is 324 g/mol. The summed E-state index contributed by atoms with van der Waals surface area (Å²) in [6, 6.07) is 10.2. The van der Waals surface area contributed by atoms with Gasteiger partial charge in [-0.3, -0.25) is 0 Å². The third-order valence-corrected chi connectivity index (χ3v) is 4.70. The summed E-state index contributed by atoms with van der Waals surface area (Å²) in [6.45, 7) is 2.18. The maximum Gasteiger partial charge on any atom is 0.106 e. The smallest absolute Gasteiger partial charge is 0.106 e. The van der Waals surface area contributed by atoms with Crippen molar-refractivity contribution in [3.63, 3.8) is 0 Å². The van der Waals surface area contributed by atoms with Crippen LogP contribution in [-0.2, 0) is 6.42 Å². The highest BCUT2D eigenvalue weighted by molar-refractivity contribution is 7.80. The molecule has 2 nitrogen and oxygen atoms in total. The quantitative estimate of drug-likeness (QED) is 0.839. The number of likely N-dealkylation sites (N-methyl/N-ethyl adjacent to an activating group) is 1. The molecule has 1 aromatic heterocycles. The van der Waals surface area contributed by atoms with Crippen LogP contribution in [0.3, 0.4) is 0 Å². The summed E-state index contributed by atoms with van der Waals surface area (Å²) in [5.74, 6) is 0. The molecule has 0 aliphatic carbocycles. The number of rotatable bonds is 5. The van der Waals surface area contributed by atoms with E-state index in [1.54, 1.807) is 11.3 Å². The molecule has 20 heavy (non-hydrogen) atoms. The van der Waals surface area contributed by atoms with Crippen molar-refractivity contribution in [3.8, 4) is 0 Å². The normalized spacial score (nSPS) is 12.2. The molecule has 1 aromatic carbocycles. The van der Waals surface area contributed by atoms with Gasteiger partial charge in [-0.15, -0.1) is 11.3 Å². The van der Waals surface area contributed by atoms with E-state index in [1.165, 1.54) is 4.88 Å². The lowest BCUT2D eigenvalue weighted by Gasteiger charge is -2.29. The van der Waals surface area contributed by atoms with E-state index in [1.807, 2.05) is 25.2 Å². The van der Waals surface area contributed by atoms with Crippen molar-refractivity contribution < 1.29 is 0 Å². The Labute approximate surface area is 134 Å². The summed E-state index contributed by atoms with van der Waals surface area (Å²) in [7, 11) is 2.05. The minimum absolute atomic E-state index is 0.334. The summed E-state index contributed by atoms with van der Waals surface area (Å²) in [6.07, 6.45) is 0.984. The molecule has 2 N–H and O–H groups in total. The molecular formula is C15H17ClN2S2. The molecule has 1 heterocycles. The van der Waals surface area contributed by atoms with Crippen LogP contribution in [0.25, 0.3) is 0 Å². The molecule has 1 atom stereocenters. The number of nitrogens with two attached hydrogens (primary N) is 1. The van der Waals surface area contributed by atoms with Crippen molar-refractivity contribution in [2.24, 2.45) is 5.73 Å². The first kappa shape index (κ1) is 15.3. The first-order valence-corrected chi connectivity index (χ1v) is 8.00. The van der Waals surface area contributed by atoms with E-state index >= 15 is 0 Å². The Morgan fingerprint density at radius 3 is 2.80 bits per heavy atom. The van der Waals surface area contributed by atoms with Gasteiger partial charge in [-0.25, -0.2) is 0 Å². The number of thiocarbonyl (C=S) groups is 1. The first-order valence-electron chi connectivity index (χ1n) is 6.33. The van der Waals surface area contributed by atoms with Crippen LogP contribution in [0.5, 0.6) is 0 Å².